The molecule has 0 saturated carbocycles. The molecule has 0 fully saturated rings. The van der Waals surface area contributed by atoms with Crippen molar-refractivity contribution in [1.82, 2.24) is 4.90 Å². The summed E-state index contributed by atoms with van der Waals surface area (Å²) >= 11 is 0. The van der Waals surface area contributed by atoms with Gasteiger partial charge in [0.05, 0.1) is 8.80 Å². The molecule has 0 unspecified atom stereocenters. The van der Waals surface area contributed by atoms with Gasteiger partial charge in [-0.05, 0) is 47.2 Å². The highest BCUT2D eigenvalue weighted by Gasteiger charge is 2.38. The lowest BCUT2D eigenvalue weighted by atomic mass is 10.1. The van der Waals surface area contributed by atoms with Gasteiger partial charge in [0.2, 0.25) is 0 Å². The predicted octanol–water partition coefficient (Wildman–Crippen LogP) is 2.77. The molecule has 0 amide bonds. The molecule has 0 rings (SSSR count). The van der Waals surface area contributed by atoms with Crippen molar-refractivity contribution in [2.24, 2.45) is 0 Å². The zero-order valence-electron chi connectivity index (χ0n) is 14.8. The van der Waals surface area contributed by atoms with Crippen LogP contribution in [0.25, 0.3) is 0 Å². The minimum atomic E-state index is -2.41. The molecule has 0 spiro atoms. The lowest BCUT2D eigenvalue weighted by Crippen LogP contribution is -2.45. The molecule has 0 N–H and O–H groups in total. The fourth-order valence-electron chi connectivity index (χ4n) is 1.80. The highest BCUT2D eigenvalue weighted by atomic mass is 28.4. The smallest absolute Gasteiger partial charge is 0.377 e. The normalized spacial score (nSPS) is 13.5. The molecule has 0 aromatic rings. The van der Waals surface area contributed by atoms with Crippen LogP contribution in [-0.2, 0) is 13.3 Å². The van der Waals surface area contributed by atoms with Gasteiger partial charge >= 0.3 is 8.80 Å². The van der Waals surface area contributed by atoms with Gasteiger partial charge in [0.15, 0.2) is 0 Å². The highest BCUT2D eigenvalue weighted by molar-refractivity contribution is 6.63. The van der Waals surface area contributed by atoms with Crippen molar-refractivity contribution in [3.8, 4) is 0 Å². The molecule has 6 heteroatoms. The Bertz CT molecular complexity index is 253. The van der Waals surface area contributed by atoms with Gasteiger partial charge in [0.25, 0.3) is 0 Å². The van der Waals surface area contributed by atoms with Crippen LogP contribution in [0.15, 0.2) is 0 Å². The largest absolute Gasteiger partial charge is 0.500 e. The minimum absolute atomic E-state index is 0.233. The SMILES string of the molecule is CO[Si](CCCCN(C)C(C)(C)C)(OC)OC[SiH](C)C. The van der Waals surface area contributed by atoms with E-state index in [2.05, 4.69) is 45.8 Å². The van der Waals surface area contributed by atoms with Crippen molar-refractivity contribution in [2.45, 2.75) is 58.3 Å². The number of rotatable bonds is 10. The Morgan fingerprint density at radius 3 is 2.00 bits per heavy atom. The Morgan fingerprint density at radius 2 is 1.60 bits per heavy atom. The van der Waals surface area contributed by atoms with Crippen molar-refractivity contribution in [2.75, 3.05) is 34.0 Å². The maximum Gasteiger partial charge on any atom is 0.500 e. The number of hydrogen-bond donors (Lipinski definition) is 0. The zero-order chi connectivity index (χ0) is 15.8. The van der Waals surface area contributed by atoms with Crippen molar-refractivity contribution < 1.29 is 13.3 Å². The van der Waals surface area contributed by atoms with Crippen LogP contribution in [-0.4, -0.2) is 62.1 Å². The van der Waals surface area contributed by atoms with E-state index in [9.17, 15) is 0 Å². The number of hydrogen-bond acceptors (Lipinski definition) is 4. The molecule has 0 aromatic carbocycles. The fourth-order valence-corrected chi connectivity index (χ4v) is 5.78. The van der Waals surface area contributed by atoms with Crippen molar-refractivity contribution >= 4 is 17.6 Å². The average molecular weight is 322 g/mol. The highest BCUT2D eigenvalue weighted by Crippen LogP contribution is 2.19. The van der Waals surface area contributed by atoms with Gasteiger partial charge < -0.3 is 18.2 Å². The van der Waals surface area contributed by atoms with E-state index in [1.807, 2.05) is 0 Å². The summed E-state index contributed by atoms with van der Waals surface area (Å²) in [7, 11) is 2.48. The van der Waals surface area contributed by atoms with Gasteiger partial charge in [-0.3, -0.25) is 0 Å². The Balaban J connectivity index is 4.15. The average Bonchev–Trinajstić information content (AvgIpc) is 2.37. The van der Waals surface area contributed by atoms with Gasteiger partial charge in [-0.1, -0.05) is 13.1 Å². The lowest BCUT2D eigenvalue weighted by Gasteiger charge is -2.32. The van der Waals surface area contributed by atoms with E-state index in [4.69, 9.17) is 13.3 Å². The first-order valence-electron chi connectivity index (χ1n) is 7.62. The molecule has 0 atom stereocenters. The Hall–Kier alpha value is 0.274. The summed E-state index contributed by atoms with van der Waals surface area (Å²) < 4.78 is 17.2. The number of unbranched alkanes of at least 4 members (excludes halogenated alkanes) is 1. The van der Waals surface area contributed by atoms with Crippen LogP contribution in [0.1, 0.15) is 33.6 Å². The summed E-state index contributed by atoms with van der Waals surface area (Å²) in [6.07, 6.45) is 3.08. The Morgan fingerprint density at radius 1 is 1.05 bits per heavy atom. The molecule has 0 aliphatic rings. The van der Waals surface area contributed by atoms with Gasteiger partial charge in [-0.15, -0.1) is 0 Å². The molecule has 4 nitrogen and oxygen atoms in total. The number of nitrogens with zero attached hydrogens (tertiary/aromatic N) is 1. The first-order chi connectivity index (χ1) is 9.17. The summed E-state index contributed by atoms with van der Waals surface area (Å²) in [6.45, 7) is 12.4. The van der Waals surface area contributed by atoms with Crippen LogP contribution in [0.3, 0.4) is 0 Å². The third-order valence-corrected chi connectivity index (χ3v) is 7.61. The van der Waals surface area contributed by atoms with E-state index in [0.717, 1.165) is 31.7 Å². The van der Waals surface area contributed by atoms with Gasteiger partial charge in [0, 0.05) is 32.0 Å². The van der Waals surface area contributed by atoms with Gasteiger partial charge in [-0.25, -0.2) is 0 Å². The topological polar surface area (TPSA) is 30.9 Å². The van der Waals surface area contributed by atoms with Crippen molar-refractivity contribution in [3.05, 3.63) is 0 Å². The second-order valence-electron chi connectivity index (χ2n) is 6.85. The summed E-state index contributed by atoms with van der Waals surface area (Å²) in [5, 5.41) is 0. The lowest BCUT2D eigenvalue weighted by molar-refractivity contribution is 0.113. The van der Waals surface area contributed by atoms with Crippen LogP contribution in [0.4, 0.5) is 0 Å². The predicted molar refractivity (Wildman–Crippen MR) is 91.0 cm³/mol. The molecular weight excluding hydrogens is 286 g/mol. The first kappa shape index (κ1) is 20.3. The van der Waals surface area contributed by atoms with Gasteiger partial charge in [0.1, 0.15) is 0 Å². The summed E-state index contributed by atoms with van der Waals surface area (Å²) in [5.74, 6) is 0. The monoisotopic (exact) mass is 321 g/mol. The van der Waals surface area contributed by atoms with Crippen LogP contribution in [0, 0.1) is 0 Å². The Kier molecular flexibility index (Phi) is 9.45. The molecule has 0 saturated heterocycles. The third-order valence-electron chi connectivity index (χ3n) is 3.63. The standard InChI is InChI=1S/C14H35NO3Si2/c1-14(2,3)15(4)11-9-10-12-20(16-5,17-6)18-13-19(7)8/h19H,9-13H2,1-8H3. The Labute approximate surface area is 128 Å². The summed E-state index contributed by atoms with van der Waals surface area (Å²) in [6, 6.07) is 0.916. The van der Waals surface area contributed by atoms with Crippen molar-refractivity contribution in [3.63, 3.8) is 0 Å². The second-order valence-corrected chi connectivity index (χ2v) is 12.9. The minimum Gasteiger partial charge on any atom is -0.377 e. The van der Waals surface area contributed by atoms with E-state index < -0.39 is 17.6 Å². The molecule has 0 bridgehead atoms. The van der Waals surface area contributed by atoms with E-state index in [1.54, 1.807) is 14.2 Å². The maximum atomic E-state index is 6.01. The van der Waals surface area contributed by atoms with E-state index in [-0.39, 0.29) is 5.54 Å². The molecule has 0 aromatic heterocycles. The second kappa shape index (κ2) is 9.32. The van der Waals surface area contributed by atoms with Crippen LogP contribution < -0.4 is 0 Å². The van der Waals surface area contributed by atoms with E-state index in [0.29, 0.717) is 0 Å². The zero-order valence-corrected chi connectivity index (χ0v) is 16.9. The molecule has 122 valence electrons. The maximum absolute atomic E-state index is 6.01. The van der Waals surface area contributed by atoms with Gasteiger partial charge in [-0.2, -0.15) is 0 Å². The quantitative estimate of drug-likeness (QED) is 0.457. The molecule has 0 aliphatic carbocycles. The van der Waals surface area contributed by atoms with E-state index in [1.165, 1.54) is 0 Å². The van der Waals surface area contributed by atoms with Crippen LogP contribution >= 0.6 is 0 Å². The van der Waals surface area contributed by atoms with Crippen LogP contribution in [0.2, 0.25) is 19.1 Å². The van der Waals surface area contributed by atoms with Crippen LogP contribution in [0.5, 0.6) is 0 Å². The first-order valence-corrected chi connectivity index (χ1v) is 12.7. The molecule has 0 heterocycles. The third kappa shape index (κ3) is 7.90. The molecular formula is C14H35NO3Si2. The molecule has 0 aliphatic heterocycles. The fraction of sp³-hybridized carbons (Fsp3) is 1.00. The molecule has 20 heavy (non-hydrogen) atoms. The summed E-state index contributed by atoms with van der Waals surface area (Å²) in [5.41, 5.74) is 0.233. The summed E-state index contributed by atoms with van der Waals surface area (Å²) in [4.78, 5) is 2.39. The van der Waals surface area contributed by atoms with Crippen molar-refractivity contribution in [1.29, 1.82) is 0 Å². The van der Waals surface area contributed by atoms with E-state index >= 15 is 0 Å². The molecule has 0 radical (unpaired) electrons.